The van der Waals surface area contributed by atoms with E-state index in [1.54, 1.807) is 28.9 Å². The minimum absolute atomic E-state index is 0.0698. The van der Waals surface area contributed by atoms with Gasteiger partial charge in [0.15, 0.2) is 0 Å². The van der Waals surface area contributed by atoms with Crippen molar-refractivity contribution in [1.82, 2.24) is 15.1 Å². The number of carbonyl (C=O) groups is 2. The van der Waals surface area contributed by atoms with Crippen LogP contribution in [0.15, 0.2) is 48.5 Å². The third kappa shape index (κ3) is 4.17. The highest BCUT2D eigenvalue weighted by molar-refractivity contribution is 6.30. The van der Waals surface area contributed by atoms with Crippen LogP contribution in [0.25, 0.3) is 16.8 Å². The molecule has 3 aromatic rings. The quantitative estimate of drug-likeness (QED) is 0.658. The van der Waals surface area contributed by atoms with E-state index < -0.39 is 0 Å². The summed E-state index contributed by atoms with van der Waals surface area (Å²) in [4.78, 5) is 24.1. The number of halogens is 1. The summed E-state index contributed by atoms with van der Waals surface area (Å²) in [7, 11) is 0. The highest BCUT2D eigenvalue weighted by atomic mass is 35.5. The minimum Gasteiger partial charge on any atom is -0.349 e. The lowest BCUT2D eigenvalue weighted by atomic mass is 10.1. The molecule has 1 aliphatic carbocycles. The lowest BCUT2D eigenvalue weighted by molar-refractivity contribution is -0.114. The zero-order valence-electron chi connectivity index (χ0n) is 16.2. The number of benzene rings is 2. The second kappa shape index (κ2) is 7.72. The fourth-order valence-corrected chi connectivity index (χ4v) is 3.33. The number of rotatable bonds is 5. The first-order valence-electron chi connectivity index (χ1n) is 9.47. The summed E-state index contributed by atoms with van der Waals surface area (Å²) >= 11 is 6.02. The number of anilines is 1. The van der Waals surface area contributed by atoms with Crippen LogP contribution in [0.5, 0.6) is 0 Å². The van der Waals surface area contributed by atoms with Crippen molar-refractivity contribution in [2.24, 2.45) is 0 Å². The second-order valence-corrected chi connectivity index (χ2v) is 7.64. The average molecular weight is 409 g/mol. The van der Waals surface area contributed by atoms with Gasteiger partial charge in [-0.1, -0.05) is 23.7 Å². The van der Waals surface area contributed by atoms with Gasteiger partial charge in [0.05, 0.1) is 11.4 Å². The fourth-order valence-electron chi connectivity index (χ4n) is 3.21. The number of hydrogen-bond acceptors (Lipinski definition) is 3. The van der Waals surface area contributed by atoms with E-state index in [4.69, 9.17) is 11.6 Å². The van der Waals surface area contributed by atoms with Crippen molar-refractivity contribution >= 4 is 29.2 Å². The van der Waals surface area contributed by atoms with Crippen molar-refractivity contribution in [2.45, 2.75) is 32.7 Å². The Morgan fingerprint density at radius 2 is 1.72 bits per heavy atom. The SMILES string of the molecule is CC(=O)Nc1c(-c2ccc(Cl)cc2)c(C)nn1-c1ccc(C(=O)NC2CC2)cc1. The zero-order chi connectivity index (χ0) is 20.5. The van der Waals surface area contributed by atoms with Gasteiger partial charge in [-0.3, -0.25) is 9.59 Å². The van der Waals surface area contributed by atoms with Gasteiger partial charge in [0.1, 0.15) is 5.82 Å². The molecule has 1 fully saturated rings. The maximum absolute atomic E-state index is 12.2. The lowest BCUT2D eigenvalue weighted by Gasteiger charge is -2.11. The molecule has 6 nitrogen and oxygen atoms in total. The van der Waals surface area contributed by atoms with E-state index >= 15 is 0 Å². The molecule has 2 amide bonds. The summed E-state index contributed by atoms with van der Waals surface area (Å²) in [5.74, 6) is 0.314. The van der Waals surface area contributed by atoms with Crippen LogP contribution in [0.2, 0.25) is 5.02 Å². The first-order valence-corrected chi connectivity index (χ1v) is 9.84. The largest absolute Gasteiger partial charge is 0.349 e. The van der Waals surface area contributed by atoms with Crippen molar-refractivity contribution in [3.63, 3.8) is 0 Å². The number of carbonyl (C=O) groups excluding carboxylic acids is 2. The van der Waals surface area contributed by atoms with Gasteiger partial charge < -0.3 is 10.6 Å². The Labute approximate surface area is 173 Å². The molecule has 4 rings (SSSR count). The Kier molecular flexibility index (Phi) is 5.11. The van der Waals surface area contributed by atoms with Gasteiger partial charge in [-0.05, 0) is 61.7 Å². The predicted molar refractivity (Wildman–Crippen MR) is 114 cm³/mol. The topological polar surface area (TPSA) is 76.0 Å². The summed E-state index contributed by atoms with van der Waals surface area (Å²) < 4.78 is 1.68. The number of nitrogens with one attached hydrogen (secondary N) is 2. The molecule has 0 unspecified atom stereocenters. The predicted octanol–water partition coefficient (Wildman–Crippen LogP) is 4.35. The van der Waals surface area contributed by atoms with Gasteiger partial charge in [0.2, 0.25) is 5.91 Å². The van der Waals surface area contributed by atoms with Crippen molar-refractivity contribution in [3.05, 3.63) is 64.8 Å². The summed E-state index contributed by atoms with van der Waals surface area (Å²) in [6.45, 7) is 3.35. The van der Waals surface area contributed by atoms with Crippen LogP contribution in [0.1, 0.15) is 35.8 Å². The molecule has 1 aliphatic rings. The number of hydrogen-bond donors (Lipinski definition) is 2. The van der Waals surface area contributed by atoms with Crippen LogP contribution < -0.4 is 10.6 Å². The number of amides is 2. The van der Waals surface area contributed by atoms with E-state index in [1.807, 2.05) is 31.2 Å². The third-order valence-corrected chi connectivity index (χ3v) is 5.03. The van der Waals surface area contributed by atoms with Crippen LogP contribution in [-0.2, 0) is 4.79 Å². The number of aryl methyl sites for hydroxylation is 1. The maximum atomic E-state index is 12.2. The molecule has 0 bridgehead atoms. The maximum Gasteiger partial charge on any atom is 0.251 e. The summed E-state index contributed by atoms with van der Waals surface area (Å²) in [6, 6.07) is 14.9. The van der Waals surface area contributed by atoms with Gasteiger partial charge >= 0.3 is 0 Å². The normalized spacial score (nSPS) is 13.2. The Hall–Kier alpha value is -3.12. The molecule has 148 valence electrons. The van der Waals surface area contributed by atoms with Crippen molar-refractivity contribution in [2.75, 3.05) is 5.32 Å². The molecule has 2 aromatic carbocycles. The molecule has 2 N–H and O–H groups in total. The molecule has 0 spiro atoms. The van der Waals surface area contributed by atoms with Crippen LogP contribution >= 0.6 is 11.6 Å². The van der Waals surface area contributed by atoms with Gasteiger partial charge in [-0.15, -0.1) is 0 Å². The van der Waals surface area contributed by atoms with E-state index in [0.717, 1.165) is 35.3 Å². The zero-order valence-corrected chi connectivity index (χ0v) is 17.0. The smallest absolute Gasteiger partial charge is 0.251 e. The lowest BCUT2D eigenvalue weighted by Crippen LogP contribution is -2.25. The van der Waals surface area contributed by atoms with E-state index in [2.05, 4.69) is 15.7 Å². The van der Waals surface area contributed by atoms with E-state index in [-0.39, 0.29) is 11.8 Å². The van der Waals surface area contributed by atoms with Crippen molar-refractivity contribution in [3.8, 4) is 16.8 Å². The molecule has 0 saturated heterocycles. The summed E-state index contributed by atoms with van der Waals surface area (Å²) in [5.41, 5.74) is 3.85. The van der Waals surface area contributed by atoms with Crippen molar-refractivity contribution in [1.29, 1.82) is 0 Å². The molecular weight excluding hydrogens is 388 g/mol. The summed E-state index contributed by atoms with van der Waals surface area (Å²) in [6.07, 6.45) is 2.09. The molecule has 7 heteroatoms. The van der Waals surface area contributed by atoms with Gasteiger partial charge in [0.25, 0.3) is 5.91 Å². The molecule has 0 aliphatic heterocycles. The second-order valence-electron chi connectivity index (χ2n) is 7.20. The highest BCUT2D eigenvalue weighted by Gasteiger charge is 2.24. The highest BCUT2D eigenvalue weighted by Crippen LogP contribution is 2.34. The van der Waals surface area contributed by atoms with E-state index in [1.165, 1.54) is 6.92 Å². The number of aromatic nitrogens is 2. The molecule has 0 radical (unpaired) electrons. The van der Waals surface area contributed by atoms with Crippen LogP contribution in [0, 0.1) is 6.92 Å². The first-order chi connectivity index (χ1) is 13.9. The Bertz CT molecular complexity index is 1070. The molecule has 29 heavy (non-hydrogen) atoms. The third-order valence-electron chi connectivity index (χ3n) is 4.77. The Balaban J connectivity index is 1.72. The molecule has 1 aromatic heterocycles. The van der Waals surface area contributed by atoms with Gasteiger partial charge in [-0.2, -0.15) is 5.10 Å². The average Bonchev–Trinajstić information content (AvgIpc) is 3.45. The Morgan fingerprint density at radius 3 is 2.31 bits per heavy atom. The van der Waals surface area contributed by atoms with Crippen molar-refractivity contribution < 1.29 is 9.59 Å². The van der Waals surface area contributed by atoms with Gasteiger partial charge in [-0.25, -0.2) is 4.68 Å². The fraction of sp³-hybridized carbons (Fsp3) is 0.227. The van der Waals surface area contributed by atoms with Crippen LogP contribution in [-0.4, -0.2) is 27.6 Å². The standard InChI is InChI=1S/C22H21ClN4O2/c1-13-20(15-3-7-17(23)8-4-15)21(24-14(2)28)27(26-13)19-11-5-16(6-12-19)22(29)25-18-9-10-18/h3-8,11-12,18H,9-10H2,1-2H3,(H,24,28)(H,25,29). The van der Waals surface area contributed by atoms with Crippen LogP contribution in [0.3, 0.4) is 0 Å². The molecule has 0 atom stereocenters. The molecular formula is C22H21ClN4O2. The van der Waals surface area contributed by atoms with E-state index in [9.17, 15) is 9.59 Å². The monoisotopic (exact) mass is 408 g/mol. The number of nitrogens with zero attached hydrogens (tertiary/aromatic N) is 2. The molecule has 1 saturated carbocycles. The van der Waals surface area contributed by atoms with E-state index in [0.29, 0.717) is 22.4 Å². The minimum atomic E-state index is -0.193. The van der Waals surface area contributed by atoms with Crippen LogP contribution in [0.4, 0.5) is 5.82 Å². The van der Waals surface area contributed by atoms with Gasteiger partial charge in [0, 0.05) is 29.1 Å². The Morgan fingerprint density at radius 1 is 1.07 bits per heavy atom. The summed E-state index contributed by atoms with van der Waals surface area (Å²) in [5, 5.41) is 11.1. The first kappa shape index (κ1) is 19.2. The molecule has 1 heterocycles.